The van der Waals surface area contributed by atoms with E-state index in [0.29, 0.717) is 30.1 Å². The number of benzene rings is 1. The monoisotopic (exact) mass is 399 g/mol. The van der Waals surface area contributed by atoms with Crippen LogP contribution in [0.1, 0.15) is 30.9 Å². The van der Waals surface area contributed by atoms with Gasteiger partial charge in [-0.05, 0) is 17.5 Å². The highest BCUT2D eigenvalue weighted by atomic mass is 16.5. The summed E-state index contributed by atoms with van der Waals surface area (Å²) in [5.41, 5.74) is 2.36. The summed E-state index contributed by atoms with van der Waals surface area (Å²) in [6.45, 7) is 2.88. The molecular formula is C20H25N5O4. The van der Waals surface area contributed by atoms with Crippen LogP contribution in [0.5, 0.6) is 6.01 Å². The number of nitrogens with zero attached hydrogens (tertiary/aromatic N) is 3. The zero-order valence-electron chi connectivity index (χ0n) is 16.8. The van der Waals surface area contributed by atoms with E-state index in [9.17, 15) is 9.59 Å². The summed E-state index contributed by atoms with van der Waals surface area (Å²) >= 11 is 0. The lowest BCUT2D eigenvalue weighted by atomic mass is 10.1. The van der Waals surface area contributed by atoms with Crippen molar-refractivity contribution in [3.05, 3.63) is 45.9 Å². The fourth-order valence-electron chi connectivity index (χ4n) is 2.97. The summed E-state index contributed by atoms with van der Waals surface area (Å²) in [6, 6.07) is 7.69. The number of imidazole rings is 1. The number of rotatable bonds is 9. The highest BCUT2D eigenvalue weighted by molar-refractivity contribution is 5.83. The van der Waals surface area contributed by atoms with Gasteiger partial charge in [-0.1, -0.05) is 37.6 Å². The lowest BCUT2D eigenvalue weighted by Gasteiger charge is -2.09. The fourth-order valence-corrected chi connectivity index (χ4v) is 2.97. The number of esters is 1. The predicted octanol–water partition coefficient (Wildman–Crippen LogP) is 2.10. The van der Waals surface area contributed by atoms with E-state index in [1.54, 1.807) is 7.05 Å². The van der Waals surface area contributed by atoms with Gasteiger partial charge in [-0.25, -0.2) is 4.79 Å². The quantitative estimate of drug-likeness (QED) is 0.419. The molecule has 29 heavy (non-hydrogen) atoms. The van der Waals surface area contributed by atoms with E-state index in [0.717, 1.165) is 24.0 Å². The molecule has 0 radical (unpaired) electrons. The minimum Gasteiger partial charge on any atom is -0.469 e. The number of H-pyrrole nitrogens is 1. The summed E-state index contributed by atoms with van der Waals surface area (Å²) in [5.74, 6) is 0.184. The molecule has 3 rings (SSSR count). The number of aromatic amines is 1. The zero-order chi connectivity index (χ0) is 20.8. The predicted molar refractivity (Wildman–Crippen MR) is 109 cm³/mol. The lowest BCUT2D eigenvalue weighted by Crippen LogP contribution is -2.18. The van der Waals surface area contributed by atoms with Crippen LogP contribution >= 0.6 is 0 Å². The Morgan fingerprint density at radius 2 is 2.07 bits per heavy atom. The minimum absolute atomic E-state index is 0.175. The SMILES string of the molecule is CCCCOc1nc(NC)c2[nH]c(=O)n(Cc3cccc(CC(=O)OC)c3)c2n1. The zero-order valence-corrected chi connectivity index (χ0v) is 16.8. The Morgan fingerprint density at radius 3 is 2.79 bits per heavy atom. The Bertz CT molecular complexity index is 1060. The van der Waals surface area contributed by atoms with Crippen LogP contribution in [0.15, 0.2) is 29.1 Å². The van der Waals surface area contributed by atoms with E-state index < -0.39 is 0 Å². The van der Waals surface area contributed by atoms with Crippen molar-refractivity contribution in [3.63, 3.8) is 0 Å². The van der Waals surface area contributed by atoms with Crippen molar-refractivity contribution < 1.29 is 14.3 Å². The highest BCUT2D eigenvalue weighted by Crippen LogP contribution is 2.21. The molecule has 0 atom stereocenters. The van der Waals surface area contributed by atoms with Gasteiger partial charge in [0.25, 0.3) is 0 Å². The second-order valence-electron chi connectivity index (χ2n) is 6.59. The fraction of sp³-hybridized carbons (Fsp3) is 0.400. The van der Waals surface area contributed by atoms with Gasteiger partial charge in [0, 0.05) is 7.05 Å². The molecule has 9 nitrogen and oxygen atoms in total. The van der Waals surface area contributed by atoms with Crippen LogP contribution in [0, 0.1) is 0 Å². The normalized spacial score (nSPS) is 10.9. The van der Waals surface area contributed by atoms with E-state index >= 15 is 0 Å². The summed E-state index contributed by atoms with van der Waals surface area (Å²) in [5, 5.41) is 2.98. The van der Waals surface area contributed by atoms with Gasteiger partial charge >= 0.3 is 17.7 Å². The Balaban J connectivity index is 1.95. The number of fused-ring (bicyclic) bond motifs is 1. The summed E-state index contributed by atoms with van der Waals surface area (Å²) in [6.07, 6.45) is 2.07. The van der Waals surface area contributed by atoms with Crippen molar-refractivity contribution in [1.82, 2.24) is 19.5 Å². The maximum absolute atomic E-state index is 12.6. The van der Waals surface area contributed by atoms with Gasteiger partial charge in [-0.3, -0.25) is 9.36 Å². The maximum Gasteiger partial charge on any atom is 0.328 e. The molecule has 0 aliphatic rings. The molecule has 0 saturated heterocycles. The lowest BCUT2D eigenvalue weighted by molar-refractivity contribution is -0.139. The van der Waals surface area contributed by atoms with Crippen molar-refractivity contribution in [1.29, 1.82) is 0 Å². The number of nitrogens with one attached hydrogen (secondary N) is 2. The number of unbranched alkanes of at least 4 members (excludes halogenated alkanes) is 1. The number of carbonyl (C=O) groups is 1. The third-order valence-corrected chi connectivity index (χ3v) is 4.48. The molecule has 0 aliphatic carbocycles. The molecule has 0 saturated carbocycles. The molecule has 9 heteroatoms. The van der Waals surface area contributed by atoms with Gasteiger partial charge in [0.2, 0.25) is 0 Å². The summed E-state index contributed by atoms with van der Waals surface area (Å²) in [7, 11) is 3.08. The van der Waals surface area contributed by atoms with Gasteiger partial charge in [-0.2, -0.15) is 9.97 Å². The molecule has 0 fully saturated rings. The van der Waals surface area contributed by atoms with Gasteiger partial charge in [0.15, 0.2) is 11.5 Å². The van der Waals surface area contributed by atoms with E-state index in [1.165, 1.54) is 11.7 Å². The van der Waals surface area contributed by atoms with Crippen LogP contribution in [-0.2, 0) is 22.5 Å². The first-order valence-corrected chi connectivity index (χ1v) is 9.51. The average molecular weight is 399 g/mol. The molecule has 0 bridgehead atoms. The van der Waals surface area contributed by atoms with Gasteiger partial charge < -0.3 is 19.8 Å². The van der Waals surface area contributed by atoms with E-state index in [-0.39, 0.29) is 24.1 Å². The van der Waals surface area contributed by atoms with Crippen molar-refractivity contribution >= 4 is 23.0 Å². The number of ether oxygens (including phenoxy) is 2. The number of hydrogen-bond acceptors (Lipinski definition) is 7. The largest absolute Gasteiger partial charge is 0.469 e. The molecule has 0 spiro atoms. The van der Waals surface area contributed by atoms with Crippen LogP contribution in [-0.4, -0.2) is 46.3 Å². The average Bonchev–Trinajstić information content (AvgIpc) is 3.03. The smallest absolute Gasteiger partial charge is 0.328 e. The van der Waals surface area contributed by atoms with Crippen LogP contribution in [0.4, 0.5) is 5.82 Å². The Kier molecular flexibility index (Phi) is 6.48. The Labute approximate surface area is 168 Å². The first-order chi connectivity index (χ1) is 14.0. The second kappa shape index (κ2) is 9.22. The van der Waals surface area contributed by atoms with Crippen molar-refractivity contribution in [2.45, 2.75) is 32.7 Å². The van der Waals surface area contributed by atoms with Crippen molar-refractivity contribution in [2.24, 2.45) is 0 Å². The number of anilines is 1. The first kappa shape index (κ1) is 20.4. The third-order valence-electron chi connectivity index (χ3n) is 4.48. The van der Waals surface area contributed by atoms with Crippen LogP contribution in [0.25, 0.3) is 11.2 Å². The van der Waals surface area contributed by atoms with Crippen molar-refractivity contribution in [3.8, 4) is 6.01 Å². The third kappa shape index (κ3) is 4.74. The maximum atomic E-state index is 12.6. The molecule has 0 amide bonds. The van der Waals surface area contributed by atoms with Gasteiger partial charge in [-0.15, -0.1) is 0 Å². The molecule has 2 aromatic heterocycles. The molecule has 0 unspecified atom stereocenters. The molecule has 154 valence electrons. The van der Waals surface area contributed by atoms with Gasteiger partial charge in [0.05, 0.1) is 26.7 Å². The topological polar surface area (TPSA) is 111 Å². The van der Waals surface area contributed by atoms with E-state index in [2.05, 4.69) is 27.2 Å². The van der Waals surface area contributed by atoms with E-state index in [1.807, 2.05) is 24.3 Å². The van der Waals surface area contributed by atoms with Crippen LogP contribution < -0.4 is 15.7 Å². The van der Waals surface area contributed by atoms with Gasteiger partial charge in [0.1, 0.15) is 5.52 Å². The summed E-state index contributed by atoms with van der Waals surface area (Å²) < 4.78 is 11.9. The minimum atomic E-state index is -0.313. The first-order valence-electron chi connectivity index (χ1n) is 9.51. The molecular weight excluding hydrogens is 374 g/mol. The standard InChI is InChI=1S/C20H25N5O4/c1-4-5-9-29-19-23-17(21-2)16-18(24-19)25(20(27)22-16)12-14-8-6-7-13(10-14)11-15(26)28-3/h6-8,10H,4-5,9,11-12H2,1-3H3,(H,22,27)(H,21,23,24). The highest BCUT2D eigenvalue weighted by Gasteiger charge is 2.16. The molecule has 3 aromatic rings. The summed E-state index contributed by atoms with van der Waals surface area (Å²) in [4.78, 5) is 35.7. The molecule has 2 N–H and O–H groups in total. The Hall–Kier alpha value is -3.36. The van der Waals surface area contributed by atoms with Crippen LogP contribution in [0.2, 0.25) is 0 Å². The molecule has 1 aromatic carbocycles. The molecule has 2 heterocycles. The number of carbonyl (C=O) groups excluding carboxylic acids is 1. The second-order valence-corrected chi connectivity index (χ2v) is 6.59. The number of hydrogen-bond donors (Lipinski definition) is 2. The number of aromatic nitrogens is 4. The number of methoxy groups -OCH3 is 1. The van der Waals surface area contributed by atoms with Crippen LogP contribution in [0.3, 0.4) is 0 Å². The van der Waals surface area contributed by atoms with E-state index in [4.69, 9.17) is 9.47 Å². The van der Waals surface area contributed by atoms with Crippen molar-refractivity contribution in [2.75, 3.05) is 26.1 Å². The molecule has 0 aliphatic heterocycles. The Morgan fingerprint density at radius 1 is 1.28 bits per heavy atom.